The zero-order valence-corrected chi connectivity index (χ0v) is 17.6. The van der Waals surface area contributed by atoms with Crippen molar-refractivity contribution in [2.45, 2.75) is 13.8 Å². The van der Waals surface area contributed by atoms with Crippen LogP contribution in [0.25, 0.3) is 53.9 Å². The Balaban J connectivity index is 1.55. The van der Waals surface area contributed by atoms with Crippen LogP contribution in [0, 0.1) is 13.8 Å². The Labute approximate surface area is 178 Å². The zero-order chi connectivity index (χ0) is 20.2. The number of pyridine rings is 1. The molecule has 0 fully saturated rings. The molecule has 6 aromatic rings. The molecule has 3 heterocycles. The second-order valence-corrected chi connectivity index (χ2v) is 8.77. The molecular weight excluding hydrogens is 386 g/mol. The maximum atomic E-state index is 6.24. The summed E-state index contributed by atoms with van der Waals surface area (Å²) in [6.07, 6.45) is 0. The van der Waals surface area contributed by atoms with E-state index < -0.39 is 0 Å². The third-order valence-electron chi connectivity index (χ3n) is 5.80. The number of thiophene rings is 1. The summed E-state index contributed by atoms with van der Waals surface area (Å²) in [6, 6.07) is 27.4. The first-order valence-corrected chi connectivity index (χ1v) is 10.9. The number of fused-ring (bicyclic) bond motifs is 4. The van der Waals surface area contributed by atoms with Gasteiger partial charge in [0.2, 0.25) is 0 Å². The van der Waals surface area contributed by atoms with Gasteiger partial charge in [0, 0.05) is 37.7 Å². The molecule has 6 rings (SSSR count). The summed E-state index contributed by atoms with van der Waals surface area (Å²) in [6.45, 7) is 4.36. The highest BCUT2D eigenvalue weighted by Gasteiger charge is 2.17. The van der Waals surface area contributed by atoms with E-state index in [0.717, 1.165) is 27.3 Å². The van der Waals surface area contributed by atoms with Crippen molar-refractivity contribution in [2.24, 2.45) is 0 Å². The quantitative estimate of drug-likeness (QED) is 0.290. The van der Waals surface area contributed by atoms with Crippen molar-refractivity contribution in [2.75, 3.05) is 0 Å². The standard InChI is InChI=1S/C27H19NOS/c1-16-14-21-20-10-6-7-11-23(20)29-26(21)17(2)25(16)24-15-19-12-13-22(28-27(19)30-24)18-8-4-3-5-9-18/h3-15H,1-2H3. The average molecular weight is 406 g/mol. The number of nitrogens with zero attached hydrogens (tertiary/aromatic N) is 1. The van der Waals surface area contributed by atoms with Gasteiger partial charge in [0.25, 0.3) is 0 Å². The van der Waals surface area contributed by atoms with Gasteiger partial charge < -0.3 is 4.42 Å². The zero-order valence-electron chi connectivity index (χ0n) is 16.8. The Bertz CT molecular complexity index is 1560. The van der Waals surface area contributed by atoms with Gasteiger partial charge in [-0.1, -0.05) is 48.5 Å². The molecular formula is C27H19NOS. The Morgan fingerprint density at radius 1 is 0.800 bits per heavy atom. The van der Waals surface area contributed by atoms with Crippen LogP contribution < -0.4 is 0 Å². The maximum Gasteiger partial charge on any atom is 0.138 e. The summed E-state index contributed by atoms with van der Waals surface area (Å²) in [5.41, 5.74) is 7.79. The average Bonchev–Trinajstić information content (AvgIpc) is 3.35. The second-order valence-electron chi connectivity index (χ2n) is 7.74. The van der Waals surface area contributed by atoms with Gasteiger partial charge in [0.15, 0.2) is 0 Å². The molecule has 0 aliphatic carbocycles. The first kappa shape index (κ1) is 17.4. The molecule has 0 amide bonds. The fourth-order valence-electron chi connectivity index (χ4n) is 4.37. The van der Waals surface area contributed by atoms with Gasteiger partial charge in [-0.25, -0.2) is 4.98 Å². The van der Waals surface area contributed by atoms with Crippen molar-refractivity contribution in [3.8, 4) is 21.7 Å². The molecule has 0 radical (unpaired) electrons. The smallest absolute Gasteiger partial charge is 0.138 e. The molecule has 3 aromatic heterocycles. The topological polar surface area (TPSA) is 26.0 Å². The predicted octanol–water partition coefficient (Wildman–Crippen LogP) is 8.15. The molecule has 3 heteroatoms. The molecule has 0 N–H and O–H groups in total. The summed E-state index contributed by atoms with van der Waals surface area (Å²) in [4.78, 5) is 7.24. The monoisotopic (exact) mass is 405 g/mol. The molecule has 144 valence electrons. The van der Waals surface area contributed by atoms with Gasteiger partial charge in [-0.05, 0) is 49.7 Å². The van der Waals surface area contributed by atoms with Crippen LogP contribution in [-0.4, -0.2) is 4.98 Å². The number of benzene rings is 3. The van der Waals surface area contributed by atoms with E-state index in [2.05, 4.69) is 74.5 Å². The molecule has 0 aliphatic rings. The molecule has 2 nitrogen and oxygen atoms in total. The third-order valence-corrected chi connectivity index (χ3v) is 6.87. The van der Waals surface area contributed by atoms with Crippen LogP contribution in [0.3, 0.4) is 0 Å². The van der Waals surface area contributed by atoms with E-state index in [1.807, 2.05) is 18.2 Å². The van der Waals surface area contributed by atoms with Crippen molar-refractivity contribution in [3.05, 3.63) is 90.0 Å². The molecule has 0 unspecified atom stereocenters. The lowest BCUT2D eigenvalue weighted by Gasteiger charge is -2.08. The van der Waals surface area contributed by atoms with Crippen LogP contribution in [0.5, 0.6) is 0 Å². The van der Waals surface area contributed by atoms with E-state index in [-0.39, 0.29) is 0 Å². The lowest BCUT2D eigenvalue weighted by molar-refractivity contribution is 0.666. The van der Waals surface area contributed by atoms with Crippen molar-refractivity contribution in [3.63, 3.8) is 0 Å². The minimum Gasteiger partial charge on any atom is -0.456 e. The summed E-state index contributed by atoms with van der Waals surface area (Å²) in [5.74, 6) is 0. The van der Waals surface area contributed by atoms with Gasteiger partial charge in [-0.15, -0.1) is 11.3 Å². The largest absolute Gasteiger partial charge is 0.456 e. The molecule has 0 atom stereocenters. The van der Waals surface area contributed by atoms with Crippen LogP contribution in [0.1, 0.15) is 11.1 Å². The number of para-hydroxylation sites is 1. The third kappa shape index (κ3) is 2.59. The summed E-state index contributed by atoms with van der Waals surface area (Å²) in [5, 5.41) is 3.55. The number of aromatic nitrogens is 1. The molecule has 0 bridgehead atoms. The van der Waals surface area contributed by atoms with Crippen molar-refractivity contribution in [1.29, 1.82) is 0 Å². The molecule has 30 heavy (non-hydrogen) atoms. The normalized spacial score (nSPS) is 11.7. The Morgan fingerprint density at radius 3 is 2.47 bits per heavy atom. The Kier molecular flexibility index (Phi) is 3.80. The molecule has 0 aliphatic heterocycles. The van der Waals surface area contributed by atoms with Crippen molar-refractivity contribution in [1.82, 2.24) is 4.98 Å². The number of aryl methyl sites for hydroxylation is 2. The van der Waals surface area contributed by atoms with Gasteiger partial charge in [-0.3, -0.25) is 0 Å². The summed E-state index contributed by atoms with van der Waals surface area (Å²) in [7, 11) is 0. The van der Waals surface area contributed by atoms with Gasteiger partial charge in [0.1, 0.15) is 16.0 Å². The van der Waals surface area contributed by atoms with Crippen LogP contribution >= 0.6 is 11.3 Å². The number of hydrogen-bond donors (Lipinski definition) is 0. The minimum absolute atomic E-state index is 0.942. The van der Waals surface area contributed by atoms with Crippen LogP contribution in [0.4, 0.5) is 0 Å². The SMILES string of the molecule is Cc1cc2c(oc3ccccc32)c(C)c1-c1cc2ccc(-c3ccccc3)nc2s1. The fraction of sp³-hybridized carbons (Fsp3) is 0.0741. The number of furan rings is 1. The van der Waals surface area contributed by atoms with E-state index in [1.54, 1.807) is 11.3 Å². The lowest BCUT2D eigenvalue weighted by atomic mass is 9.97. The van der Waals surface area contributed by atoms with Crippen LogP contribution in [0.2, 0.25) is 0 Å². The van der Waals surface area contributed by atoms with Crippen molar-refractivity contribution < 1.29 is 4.42 Å². The molecule has 3 aromatic carbocycles. The lowest BCUT2D eigenvalue weighted by Crippen LogP contribution is -1.86. The highest BCUT2D eigenvalue weighted by Crippen LogP contribution is 2.42. The summed E-state index contributed by atoms with van der Waals surface area (Å²) < 4.78 is 6.24. The second kappa shape index (κ2) is 6.54. The molecule has 0 spiro atoms. The maximum absolute atomic E-state index is 6.24. The minimum atomic E-state index is 0.942. The Hall–Kier alpha value is -3.43. The van der Waals surface area contributed by atoms with Gasteiger partial charge in [-0.2, -0.15) is 0 Å². The van der Waals surface area contributed by atoms with E-state index >= 15 is 0 Å². The fourth-order valence-corrected chi connectivity index (χ4v) is 5.57. The van der Waals surface area contributed by atoms with E-state index in [9.17, 15) is 0 Å². The van der Waals surface area contributed by atoms with Gasteiger partial charge in [0.05, 0.1) is 5.69 Å². The van der Waals surface area contributed by atoms with E-state index in [0.29, 0.717) is 0 Å². The molecule has 0 saturated heterocycles. The van der Waals surface area contributed by atoms with Gasteiger partial charge >= 0.3 is 0 Å². The molecule has 0 saturated carbocycles. The van der Waals surface area contributed by atoms with Crippen LogP contribution in [-0.2, 0) is 0 Å². The summed E-state index contributed by atoms with van der Waals surface area (Å²) >= 11 is 1.75. The Morgan fingerprint density at radius 2 is 1.60 bits per heavy atom. The first-order chi connectivity index (χ1) is 14.7. The highest BCUT2D eigenvalue weighted by atomic mass is 32.1. The number of rotatable bonds is 2. The predicted molar refractivity (Wildman–Crippen MR) is 127 cm³/mol. The first-order valence-electron chi connectivity index (χ1n) is 10.1. The van der Waals surface area contributed by atoms with Crippen LogP contribution in [0.15, 0.2) is 83.3 Å². The number of hydrogen-bond acceptors (Lipinski definition) is 3. The highest BCUT2D eigenvalue weighted by molar-refractivity contribution is 7.21. The van der Waals surface area contributed by atoms with E-state index in [1.165, 1.54) is 37.7 Å². The van der Waals surface area contributed by atoms with Crippen molar-refractivity contribution >= 4 is 43.5 Å². The van der Waals surface area contributed by atoms with E-state index in [4.69, 9.17) is 9.40 Å².